The summed E-state index contributed by atoms with van der Waals surface area (Å²) < 4.78 is 5.04. The molecule has 1 rings (SSSR count). The Morgan fingerprint density at radius 2 is 2.60 bits per heavy atom. The highest BCUT2D eigenvalue weighted by Crippen LogP contribution is 2.12. The van der Waals surface area contributed by atoms with E-state index in [9.17, 15) is 0 Å². The van der Waals surface area contributed by atoms with Crippen LogP contribution in [0.1, 0.15) is 0 Å². The second-order valence-electron chi connectivity index (χ2n) is 2.35. The van der Waals surface area contributed by atoms with Crippen LogP contribution in [0.15, 0.2) is 4.99 Å². The van der Waals surface area contributed by atoms with E-state index in [-0.39, 0.29) is 12.3 Å². The SMILES string of the molecule is C=NC1COC1NB(C)O. The largest absolute Gasteiger partial charge is 0.437 e. The molecule has 0 aliphatic carbocycles. The van der Waals surface area contributed by atoms with Gasteiger partial charge in [0.05, 0.1) is 6.61 Å². The Morgan fingerprint density at radius 3 is 2.90 bits per heavy atom. The molecule has 0 bridgehead atoms. The van der Waals surface area contributed by atoms with Crippen molar-refractivity contribution in [2.24, 2.45) is 4.99 Å². The minimum absolute atomic E-state index is 0.106. The number of ether oxygens (including phenoxy) is 1. The number of aliphatic imine (C=N–C) groups is 1. The normalized spacial score (nSPS) is 31.0. The van der Waals surface area contributed by atoms with Gasteiger partial charge in [-0.3, -0.25) is 4.99 Å². The zero-order chi connectivity index (χ0) is 7.56. The molecule has 0 aromatic carbocycles. The first-order valence-corrected chi connectivity index (χ1v) is 3.25. The Labute approximate surface area is 60.4 Å². The first-order chi connectivity index (χ1) is 4.74. The molecule has 0 spiro atoms. The zero-order valence-electron chi connectivity index (χ0n) is 5.95. The van der Waals surface area contributed by atoms with Crippen LogP contribution < -0.4 is 5.23 Å². The average molecular weight is 142 g/mol. The third kappa shape index (κ3) is 1.56. The van der Waals surface area contributed by atoms with Crippen molar-refractivity contribution in [1.82, 2.24) is 5.23 Å². The predicted octanol–water partition coefficient (Wildman–Crippen LogP) is -0.888. The molecule has 4 nitrogen and oxygen atoms in total. The fraction of sp³-hybridized carbons (Fsp3) is 0.800. The van der Waals surface area contributed by atoms with E-state index >= 15 is 0 Å². The van der Waals surface area contributed by atoms with Gasteiger partial charge in [0.2, 0.25) is 0 Å². The maximum absolute atomic E-state index is 8.85. The zero-order valence-corrected chi connectivity index (χ0v) is 5.95. The highest BCUT2D eigenvalue weighted by molar-refractivity contribution is 6.45. The van der Waals surface area contributed by atoms with Crippen LogP contribution in [0.2, 0.25) is 6.82 Å². The maximum atomic E-state index is 8.85. The number of nitrogens with one attached hydrogen (secondary N) is 1. The molecule has 2 N–H and O–H groups in total. The van der Waals surface area contributed by atoms with E-state index in [1.807, 2.05) is 0 Å². The topological polar surface area (TPSA) is 53.8 Å². The van der Waals surface area contributed by atoms with E-state index in [4.69, 9.17) is 9.76 Å². The second kappa shape index (κ2) is 3.14. The van der Waals surface area contributed by atoms with Gasteiger partial charge >= 0.3 is 7.05 Å². The smallest absolute Gasteiger partial charge is 0.375 e. The highest BCUT2D eigenvalue weighted by atomic mass is 16.5. The van der Waals surface area contributed by atoms with Crippen molar-refractivity contribution in [3.05, 3.63) is 0 Å². The van der Waals surface area contributed by atoms with Gasteiger partial charge < -0.3 is 15.0 Å². The van der Waals surface area contributed by atoms with Crippen molar-refractivity contribution in [3.8, 4) is 0 Å². The van der Waals surface area contributed by atoms with Gasteiger partial charge in [0, 0.05) is 0 Å². The quantitative estimate of drug-likeness (QED) is 0.397. The minimum Gasteiger partial charge on any atom is -0.437 e. The summed E-state index contributed by atoms with van der Waals surface area (Å²) in [5.41, 5.74) is 0. The van der Waals surface area contributed by atoms with Gasteiger partial charge in [-0.2, -0.15) is 0 Å². The molecule has 0 aromatic heterocycles. The molecule has 0 aromatic rings. The van der Waals surface area contributed by atoms with Crippen LogP contribution in [0, 0.1) is 0 Å². The van der Waals surface area contributed by atoms with E-state index < -0.39 is 7.05 Å². The lowest BCUT2D eigenvalue weighted by Gasteiger charge is -2.34. The van der Waals surface area contributed by atoms with Gasteiger partial charge in [-0.1, -0.05) is 0 Å². The lowest BCUT2D eigenvalue weighted by molar-refractivity contribution is -0.0797. The summed E-state index contributed by atoms with van der Waals surface area (Å²) in [4.78, 5) is 3.78. The Hall–Kier alpha value is -0.385. The Kier molecular flexibility index (Phi) is 2.42. The molecule has 0 amide bonds. The van der Waals surface area contributed by atoms with E-state index in [0.29, 0.717) is 6.61 Å². The Bertz CT molecular complexity index is 131. The van der Waals surface area contributed by atoms with Gasteiger partial charge in [-0.15, -0.1) is 0 Å². The van der Waals surface area contributed by atoms with Crippen LogP contribution in [0.5, 0.6) is 0 Å². The van der Waals surface area contributed by atoms with Gasteiger partial charge in [-0.25, -0.2) is 0 Å². The molecule has 56 valence electrons. The van der Waals surface area contributed by atoms with E-state index in [1.165, 1.54) is 0 Å². The van der Waals surface area contributed by atoms with Gasteiger partial charge in [0.25, 0.3) is 0 Å². The monoisotopic (exact) mass is 142 g/mol. The molecule has 1 saturated heterocycles. The number of nitrogens with zero attached hydrogens (tertiary/aromatic N) is 1. The number of hydrogen-bond donors (Lipinski definition) is 2. The maximum Gasteiger partial charge on any atom is 0.375 e. The fourth-order valence-electron chi connectivity index (χ4n) is 0.824. The molecular weight excluding hydrogens is 131 g/mol. The van der Waals surface area contributed by atoms with Crippen LogP contribution in [-0.4, -0.2) is 37.7 Å². The predicted molar refractivity (Wildman–Crippen MR) is 40.0 cm³/mol. The molecule has 5 heteroatoms. The van der Waals surface area contributed by atoms with Crippen molar-refractivity contribution in [3.63, 3.8) is 0 Å². The summed E-state index contributed by atoms with van der Waals surface area (Å²) in [6, 6.07) is 0.106. The first kappa shape index (κ1) is 7.72. The Balaban J connectivity index is 2.22. The van der Waals surface area contributed by atoms with Crippen molar-refractivity contribution < 1.29 is 9.76 Å². The van der Waals surface area contributed by atoms with Gasteiger partial charge in [-0.05, 0) is 13.5 Å². The third-order valence-corrected chi connectivity index (χ3v) is 1.44. The third-order valence-electron chi connectivity index (χ3n) is 1.44. The second-order valence-corrected chi connectivity index (χ2v) is 2.35. The van der Waals surface area contributed by atoms with Crippen molar-refractivity contribution in [1.29, 1.82) is 0 Å². The lowest BCUT2D eigenvalue weighted by Crippen LogP contribution is -2.56. The van der Waals surface area contributed by atoms with Crippen molar-refractivity contribution in [2.75, 3.05) is 6.61 Å². The summed E-state index contributed by atoms with van der Waals surface area (Å²) in [6.07, 6.45) is -0.141. The van der Waals surface area contributed by atoms with Gasteiger partial charge in [0.1, 0.15) is 12.3 Å². The summed E-state index contributed by atoms with van der Waals surface area (Å²) >= 11 is 0. The molecule has 0 saturated carbocycles. The lowest BCUT2D eigenvalue weighted by atomic mass is 9.87. The standard InChI is InChI=1S/C5H11BN2O2/c1-6(9)8-5-4(7-2)3-10-5/h4-5,8-9H,2-3H2,1H3. The number of hydrogen-bond acceptors (Lipinski definition) is 4. The van der Waals surface area contributed by atoms with Crippen molar-refractivity contribution >= 4 is 13.8 Å². The van der Waals surface area contributed by atoms with Crippen LogP contribution in [0.3, 0.4) is 0 Å². The summed E-state index contributed by atoms with van der Waals surface area (Å²) in [5.74, 6) is 0. The molecule has 1 aliphatic rings. The Morgan fingerprint density at radius 1 is 1.90 bits per heavy atom. The number of rotatable bonds is 3. The average Bonchev–Trinajstić information content (AvgIpc) is 1.82. The molecule has 2 unspecified atom stereocenters. The molecule has 1 aliphatic heterocycles. The van der Waals surface area contributed by atoms with Crippen LogP contribution in [-0.2, 0) is 4.74 Å². The summed E-state index contributed by atoms with van der Waals surface area (Å²) in [7, 11) is -0.547. The van der Waals surface area contributed by atoms with Crippen LogP contribution in [0.4, 0.5) is 0 Å². The molecule has 10 heavy (non-hydrogen) atoms. The van der Waals surface area contributed by atoms with E-state index in [2.05, 4.69) is 16.9 Å². The highest BCUT2D eigenvalue weighted by Gasteiger charge is 2.31. The molecular formula is C5H11BN2O2. The van der Waals surface area contributed by atoms with Crippen LogP contribution >= 0.6 is 0 Å². The van der Waals surface area contributed by atoms with Crippen LogP contribution in [0.25, 0.3) is 0 Å². The van der Waals surface area contributed by atoms with Gasteiger partial charge in [0.15, 0.2) is 0 Å². The first-order valence-electron chi connectivity index (χ1n) is 3.25. The summed E-state index contributed by atoms with van der Waals surface area (Å²) in [5, 5.41) is 11.6. The van der Waals surface area contributed by atoms with E-state index in [1.54, 1.807) is 6.82 Å². The van der Waals surface area contributed by atoms with Crippen molar-refractivity contribution in [2.45, 2.75) is 19.1 Å². The summed E-state index contributed by atoms with van der Waals surface area (Å²) in [6.45, 7) is 5.63. The molecule has 0 radical (unpaired) electrons. The molecule has 2 atom stereocenters. The molecule has 1 fully saturated rings. The minimum atomic E-state index is -0.547. The van der Waals surface area contributed by atoms with E-state index in [0.717, 1.165) is 0 Å². The fourth-order valence-corrected chi connectivity index (χ4v) is 0.824. The molecule has 1 heterocycles.